The molecule has 7 heteroatoms. The van der Waals surface area contributed by atoms with Crippen molar-refractivity contribution in [1.29, 1.82) is 0 Å². The Kier molecular flexibility index (Phi) is 9.31. The van der Waals surface area contributed by atoms with E-state index in [1.165, 1.54) is 45.1 Å². The molecule has 162 valence electrons. The van der Waals surface area contributed by atoms with E-state index < -0.39 is 0 Å². The minimum absolute atomic E-state index is 0. The van der Waals surface area contributed by atoms with Crippen LogP contribution in [0.2, 0.25) is 0 Å². The largest absolute Gasteiger partial charge is 0.356 e. The molecule has 0 aromatic heterocycles. The van der Waals surface area contributed by atoms with E-state index in [-0.39, 0.29) is 35.9 Å². The number of aliphatic imine (C=N–C) groups is 1. The van der Waals surface area contributed by atoms with Crippen LogP contribution >= 0.6 is 24.0 Å². The van der Waals surface area contributed by atoms with Gasteiger partial charge in [0.25, 0.3) is 0 Å². The summed E-state index contributed by atoms with van der Waals surface area (Å²) in [6.07, 6.45) is 11.5. The van der Waals surface area contributed by atoms with E-state index in [1.54, 1.807) is 4.90 Å². The van der Waals surface area contributed by atoms with Crippen LogP contribution in [-0.4, -0.2) is 86.5 Å². The first-order valence-electron chi connectivity index (χ1n) is 11.0. The van der Waals surface area contributed by atoms with Crippen molar-refractivity contribution in [1.82, 2.24) is 20.0 Å². The number of carbonyl (C=O) groups is 1. The van der Waals surface area contributed by atoms with E-state index in [2.05, 4.69) is 20.1 Å². The maximum Gasteiger partial charge on any atom is 0.239 e. The van der Waals surface area contributed by atoms with Crippen LogP contribution in [0.5, 0.6) is 0 Å². The molecule has 1 atom stereocenters. The molecule has 0 bridgehead atoms. The first-order valence-corrected chi connectivity index (χ1v) is 11.0. The van der Waals surface area contributed by atoms with Crippen molar-refractivity contribution in [3.63, 3.8) is 0 Å². The fraction of sp³-hybridized carbons (Fsp3) is 0.905. The number of hydrogen-bond acceptors (Lipinski definition) is 3. The van der Waals surface area contributed by atoms with Crippen molar-refractivity contribution in [2.45, 2.75) is 63.8 Å². The molecular formula is C21H40IN5O. The van der Waals surface area contributed by atoms with Gasteiger partial charge in [-0.1, -0.05) is 19.3 Å². The fourth-order valence-corrected chi connectivity index (χ4v) is 5.31. The molecule has 1 N–H and O–H groups in total. The van der Waals surface area contributed by atoms with Gasteiger partial charge in [-0.05, 0) is 50.5 Å². The molecule has 1 spiro atoms. The SMILES string of the molecule is CN=C(NCCCN1CCCC1C(=O)N(C)C)N1CCC2(CCCCC2)C1.I. The van der Waals surface area contributed by atoms with Gasteiger partial charge >= 0.3 is 0 Å². The van der Waals surface area contributed by atoms with Gasteiger partial charge in [-0.25, -0.2) is 0 Å². The lowest BCUT2D eigenvalue weighted by Crippen LogP contribution is -2.44. The molecule has 3 aliphatic rings. The predicted octanol–water partition coefficient (Wildman–Crippen LogP) is 2.78. The predicted molar refractivity (Wildman–Crippen MR) is 126 cm³/mol. The Hall–Kier alpha value is -0.570. The topological polar surface area (TPSA) is 51.2 Å². The summed E-state index contributed by atoms with van der Waals surface area (Å²) in [6.45, 7) is 5.28. The lowest BCUT2D eigenvalue weighted by Gasteiger charge is -2.33. The van der Waals surface area contributed by atoms with Crippen molar-refractivity contribution in [2.24, 2.45) is 10.4 Å². The summed E-state index contributed by atoms with van der Waals surface area (Å²) in [7, 11) is 5.62. The fourth-order valence-electron chi connectivity index (χ4n) is 5.31. The lowest BCUT2D eigenvalue weighted by atomic mass is 9.73. The van der Waals surface area contributed by atoms with Crippen LogP contribution < -0.4 is 5.32 Å². The third-order valence-corrected chi connectivity index (χ3v) is 6.86. The molecule has 3 rings (SSSR count). The van der Waals surface area contributed by atoms with Crippen LogP contribution in [0.1, 0.15) is 57.8 Å². The standard InChI is InChI=1S/C21H39N5O.HI/c1-22-20(26-16-12-21(17-26)10-5-4-6-11-21)23-13-8-15-25-14-7-9-18(25)19(27)24(2)3;/h18H,4-17H2,1-3H3,(H,22,23);1H. The number of guanidine groups is 1. The lowest BCUT2D eigenvalue weighted by molar-refractivity contribution is -0.133. The first kappa shape index (κ1) is 23.7. The van der Waals surface area contributed by atoms with Gasteiger partial charge in [0.2, 0.25) is 5.91 Å². The van der Waals surface area contributed by atoms with Crippen LogP contribution in [0.25, 0.3) is 0 Å². The van der Waals surface area contributed by atoms with Gasteiger partial charge in [-0.2, -0.15) is 0 Å². The molecule has 0 aromatic carbocycles. The van der Waals surface area contributed by atoms with Crippen LogP contribution in [0.15, 0.2) is 4.99 Å². The average molecular weight is 505 g/mol. The minimum Gasteiger partial charge on any atom is -0.356 e. The molecule has 2 saturated heterocycles. The Balaban J connectivity index is 0.00000280. The Morgan fingerprint density at radius 2 is 1.89 bits per heavy atom. The highest BCUT2D eigenvalue weighted by atomic mass is 127. The molecular weight excluding hydrogens is 465 g/mol. The highest BCUT2D eigenvalue weighted by Gasteiger charge is 2.39. The second-order valence-electron chi connectivity index (χ2n) is 8.99. The number of amides is 1. The molecule has 1 aliphatic carbocycles. The van der Waals surface area contributed by atoms with Crippen molar-refractivity contribution < 1.29 is 4.79 Å². The summed E-state index contributed by atoms with van der Waals surface area (Å²) >= 11 is 0. The maximum absolute atomic E-state index is 12.3. The molecule has 2 heterocycles. The van der Waals surface area contributed by atoms with Gasteiger partial charge < -0.3 is 15.1 Å². The van der Waals surface area contributed by atoms with Gasteiger partial charge in [0.15, 0.2) is 5.96 Å². The van der Waals surface area contributed by atoms with Crippen molar-refractivity contribution >= 4 is 35.8 Å². The molecule has 0 radical (unpaired) electrons. The monoisotopic (exact) mass is 505 g/mol. The number of likely N-dealkylation sites (tertiary alicyclic amines) is 2. The third kappa shape index (κ3) is 5.74. The van der Waals surface area contributed by atoms with Crippen LogP contribution in [-0.2, 0) is 4.79 Å². The second-order valence-corrected chi connectivity index (χ2v) is 8.99. The smallest absolute Gasteiger partial charge is 0.239 e. The Morgan fingerprint density at radius 3 is 2.57 bits per heavy atom. The number of hydrogen-bond donors (Lipinski definition) is 1. The van der Waals surface area contributed by atoms with Gasteiger partial charge in [0.1, 0.15) is 0 Å². The van der Waals surface area contributed by atoms with Crippen LogP contribution in [0.3, 0.4) is 0 Å². The Labute approximate surface area is 188 Å². The van der Waals surface area contributed by atoms with Crippen LogP contribution in [0.4, 0.5) is 0 Å². The zero-order chi connectivity index (χ0) is 19.3. The molecule has 28 heavy (non-hydrogen) atoms. The third-order valence-electron chi connectivity index (χ3n) is 6.86. The molecule has 0 aromatic rings. The summed E-state index contributed by atoms with van der Waals surface area (Å²) in [4.78, 5) is 23.4. The summed E-state index contributed by atoms with van der Waals surface area (Å²) in [5, 5.41) is 3.58. The molecule has 6 nitrogen and oxygen atoms in total. The highest BCUT2D eigenvalue weighted by molar-refractivity contribution is 14.0. The van der Waals surface area contributed by atoms with E-state index in [0.29, 0.717) is 5.41 Å². The summed E-state index contributed by atoms with van der Waals surface area (Å²) < 4.78 is 0. The Bertz CT molecular complexity index is 533. The van der Waals surface area contributed by atoms with Crippen molar-refractivity contribution in [3.05, 3.63) is 0 Å². The number of nitrogens with one attached hydrogen (secondary N) is 1. The van der Waals surface area contributed by atoms with E-state index in [4.69, 9.17) is 0 Å². The van der Waals surface area contributed by atoms with E-state index in [0.717, 1.165) is 51.4 Å². The molecule has 2 aliphatic heterocycles. The second kappa shape index (κ2) is 11.0. The minimum atomic E-state index is 0. The molecule has 1 unspecified atom stereocenters. The summed E-state index contributed by atoms with van der Waals surface area (Å²) in [5.74, 6) is 1.32. The summed E-state index contributed by atoms with van der Waals surface area (Å²) in [5.41, 5.74) is 0.561. The maximum atomic E-state index is 12.3. The first-order chi connectivity index (χ1) is 13.0. The van der Waals surface area contributed by atoms with Crippen LogP contribution in [0, 0.1) is 5.41 Å². The van der Waals surface area contributed by atoms with E-state index in [9.17, 15) is 4.79 Å². The number of rotatable bonds is 5. The van der Waals surface area contributed by atoms with Crippen molar-refractivity contribution in [3.8, 4) is 0 Å². The quantitative estimate of drug-likeness (QED) is 0.270. The number of halogens is 1. The Morgan fingerprint density at radius 1 is 1.14 bits per heavy atom. The highest BCUT2D eigenvalue weighted by Crippen LogP contribution is 2.43. The number of carbonyl (C=O) groups excluding carboxylic acids is 1. The van der Waals surface area contributed by atoms with Crippen molar-refractivity contribution in [2.75, 3.05) is 53.9 Å². The normalized spacial score (nSPS) is 25.0. The van der Waals surface area contributed by atoms with Gasteiger partial charge in [0, 0.05) is 47.3 Å². The number of nitrogens with zero attached hydrogens (tertiary/aromatic N) is 4. The van der Waals surface area contributed by atoms with E-state index in [1.807, 2.05) is 21.1 Å². The molecule has 1 saturated carbocycles. The molecule has 3 fully saturated rings. The number of likely N-dealkylation sites (N-methyl/N-ethyl adjacent to an activating group) is 1. The average Bonchev–Trinajstić information content (AvgIpc) is 3.29. The van der Waals surface area contributed by atoms with Gasteiger partial charge in [-0.15, -0.1) is 24.0 Å². The van der Waals surface area contributed by atoms with Gasteiger partial charge in [0.05, 0.1) is 6.04 Å². The summed E-state index contributed by atoms with van der Waals surface area (Å²) in [6, 6.07) is 0.0871. The zero-order valence-corrected chi connectivity index (χ0v) is 20.4. The van der Waals surface area contributed by atoms with E-state index >= 15 is 0 Å². The molecule has 1 amide bonds. The zero-order valence-electron chi connectivity index (χ0n) is 18.1. The van der Waals surface area contributed by atoms with Gasteiger partial charge in [-0.3, -0.25) is 14.7 Å².